The van der Waals surface area contributed by atoms with Crippen LogP contribution in [0.15, 0.2) is 41.0 Å². The molecular weight excluding hydrogens is 372 g/mol. The Balaban J connectivity index is 1.90. The summed E-state index contributed by atoms with van der Waals surface area (Å²) in [6.07, 6.45) is 2.74. The zero-order chi connectivity index (χ0) is 19.2. The highest BCUT2D eigenvalue weighted by Crippen LogP contribution is 2.24. The number of anilines is 1. The summed E-state index contributed by atoms with van der Waals surface area (Å²) in [7, 11) is -3.56. The van der Waals surface area contributed by atoms with Gasteiger partial charge in [0.1, 0.15) is 12.3 Å². The van der Waals surface area contributed by atoms with E-state index in [0.717, 1.165) is 39.0 Å². The summed E-state index contributed by atoms with van der Waals surface area (Å²) in [6.45, 7) is 4.00. The second kappa shape index (κ2) is 9.14. The molecule has 0 atom stereocenters. The number of rotatable bonds is 9. The Morgan fingerprint density at radius 3 is 2.65 bits per heavy atom. The van der Waals surface area contributed by atoms with E-state index in [1.807, 2.05) is 32.0 Å². The van der Waals surface area contributed by atoms with Crippen molar-refractivity contribution in [2.75, 3.05) is 29.4 Å². The van der Waals surface area contributed by atoms with Gasteiger partial charge in [-0.25, -0.2) is 8.42 Å². The third-order valence-electron chi connectivity index (χ3n) is 3.93. The lowest BCUT2D eigenvalue weighted by atomic mass is 10.1. The Hall–Kier alpha value is -1.93. The Morgan fingerprint density at radius 1 is 1.23 bits per heavy atom. The van der Waals surface area contributed by atoms with Crippen molar-refractivity contribution in [1.29, 1.82) is 0 Å². The summed E-state index contributed by atoms with van der Waals surface area (Å²) < 4.78 is 30.7. The topological polar surface area (TPSA) is 79.6 Å². The molecule has 2 aromatic rings. The fourth-order valence-corrected chi connectivity index (χ4v) is 4.07. The van der Waals surface area contributed by atoms with Crippen LogP contribution in [0.1, 0.15) is 16.9 Å². The second-order valence-corrected chi connectivity index (χ2v) is 8.98. The molecule has 0 saturated carbocycles. The van der Waals surface area contributed by atoms with Crippen molar-refractivity contribution in [2.24, 2.45) is 0 Å². The molecule has 1 heterocycles. The lowest BCUT2D eigenvalue weighted by Crippen LogP contribution is -2.41. The Kier molecular flexibility index (Phi) is 7.16. The SMILES string of the molecule is Cc1cccc(N(CC(=O)NCCSCc2ccco2)S(C)(=O)=O)c1C. The maximum Gasteiger partial charge on any atom is 0.240 e. The summed E-state index contributed by atoms with van der Waals surface area (Å²) in [5, 5.41) is 2.77. The molecule has 8 heteroatoms. The van der Waals surface area contributed by atoms with Crippen LogP contribution in [0.25, 0.3) is 0 Å². The van der Waals surface area contributed by atoms with Gasteiger partial charge in [0.2, 0.25) is 15.9 Å². The highest BCUT2D eigenvalue weighted by molar-refractivity contribution is 7.98. The van der Waals surface area contributed by atoms with Crippen LogP contribution in [0.2, 0.25) is 0 Å². The van der Waals surface area contributed by atoms with Crippen LogP contribution in [-0.2, 0) is 20.6 Å². The van der Waals surface area contributed by atoms with Crippen LogP contribution in [0.3, 0.4) is 0 Å². The summed E-state index contributed by atoms with van der Waals surface area (Å²) >= 11 is 1.64. The molecule has 142 valence electrons. The Labute approximate surface area is 159 Å². The van der Waals surface area contributed by atoms with Crippen molar-refractivity contribution in [1.82, 2.24) is 5.32 Å². The molecule has 6 nitrogen and oxygen atoms in total. The lowest BCUT2D eigenvalue weighted by Gasteiger charge is -2.24. The molecule has 0 aliphatic carbocycles. The molecule has 1 aromatic carbocycles. The van der Waals surface area contributed by atoms with Gasteiger partial charge in [-0.2, -0.15) is 11.8 Å². The van der Waals surface area contributed by atoms with Gasteiger partial charge in [-0.05, 0) is 43.2 Å². The third kappa shape index (κ3) is 5.81. The largest absolute Gasteiger partial charge is 0.468 e. The summed E-state index contributed by atoms with van der Waals surface area (Å²) in [6, 6.07) is 9.16. The zero-order valence-corrected chi connectivity index (χ0v) is 16.8. The summed E-state index contributed by atoms with van der Waals surface area (Å²) in [5.74, 6) is 2.02. The number of aryl methyl sites for hydroxylation is 1. The normalized spacial score (nSPS) is 11.3. The minimum Gasteiger partial charge on any atom is -0.468 e. The first-order valence-corrected chi connectivity index (χ1v) is 11.2. The molecular formula is C18H24N2O4S2. The van der Waals surface area contributed by atoms with Gasteiger partial charge >= 0.3 is 0 Å². The van der Waals surface area contributed by atoms with E-state index in [-0.39, 0.29) is 12.5 Å². The first-order chi connectivity index (χ1) is 12.3. The summed E-state index contributed by atoms with van der Waals surface area (Å²) in [4.78, 5) is 12.2. The van der Waals surface area contributed by atoms with Gasteiger partial charge in [-0.15, -0.1) is 0 Å². The lowest BCUT2D eigenvalue weighted by molar-refractivity contribution is -0.119. The predicted molar refractivity (Wildman–Crippen MR) is 106 cm³/mol. The van der Waals surface area contributed by atoms with Gasteiger partial charge in [-0.1, -0.05) is 12.1 Å². The molecule has 26 heavy (non-hydrogen) atoms. The van der Waals surface area contributed by atoms with Crippen LogP contribution in [0.4, 0.5) is 5.69 Å². The molecule has 0 aliphatic rings. The molecule has 0 aliphatic heterocycles. The Morgan fingerprint density at radius 2 is 2.00 bits per heavy atom. The number of sulfonamides is 1. The van der Waals surface area contributed by atoms with Gasteiger partial charge < -0.3 is 9.73 Å². The van der Waals surface area contributed by atoms with Crippen LogP contribution >= 0.6 is 11.8 Å². The van der Waals surface area contributed by atoms with Crippen LogP contribution in [0.5, 0.6) is 0 Å². The number of amides is 1. The first kappa shape index (κ1) is 20.4. The van der Waals surface area contributed by atoms with Crippen molar-refractivity contribution in [3.8, 4) is 0 Å². The maximum atomic E-state index is 12.2. The standard InChI is InChI=1S/C18H24N2O4S2/c1-14-6-4-8-17(15(14)2)20(26(3,22)23)12-18(21)19-9-11-25-13-16-7-5-10-24-16/h4-8,10H,9,11-13H2,1-3H3,(H,19,21). The van der Waals surface area contributed by atoms with Crippen LogP contribution in [0, 0.1) is 13.8 Å². The number of nitrogens with zero attached hydrogens (tertiary/aromatic N) is 1. The molecule has 0 bridgehead atoms. The number of carbonyl (C=O) groups is 1. The van der Waals surface area contributed by atoms with E-state index in [9.17, 15) is 13.2 Å². The number of hydrogen-bond acceptors (Lipinski definition) is 5. The fraction of sp³-hybridized carbons (Fsp3) is 0.389. The van der Waals surface area contributed by atoms with Crippen molar-refractivity contribution >= 4 is 33.4 Å². The second-order valence-electron chi connectivity index (χ2n) is 5.97. The first-order valence-electron chi connectivity index (χ1n) is 8.20. The average Bonchev–Trinajstić information content (AvgIpc) is 3.07. The van der Waals surface area contributed by atoms with E-state index < -0.39 is 10.0 Å². The van der Waals surface area contributed by atoms with E-state index in [1.165, 1.54) is 0 Å². The van der Waals surface area contributed by atoms with E-state index in [0.29, 0.717) is 12.2 Å². The van der Waals surface area contributed by atoms with Gasteiger partial charge in [-0.3, -0.25) is 9.10 Å². The number of benzene rings is 1. The van der Waals surface area contributed by atoms with Gasteiger partial charge in [0.15, 0.2) is 0 Å². The monoisotopic (exact) mass is 396 g/mol. The van der Waals surface area contributed by atoms with Crippen molar-refractivity contribution < 1.29 is 17.6 Å². The average molecular weight is 397 g/mol. The van der Waals surface area contributed by atoms with Gasteiger partial charge in [0.25, 0.3) is 0 Å². The smallest absolute Gasteiger partial charge is 0.240 e. The number of hydrogen-bond donors (Lipinski definition) is 1. The van der Waals surface area contributed by atoms with Crippen LogP contribution in [-0.4, -0.2) is 39.4 Å². The molecule has 0 radical (unpaired) electrons. The number of carbonyl (C=O) groups excluding carboxylic acids is 1. The number of nitrogens with one attached hydrogen (secondary N) is 1. The van der Waals surface area contributed by atoms with Crippen molar-refractivity contribution in [3.63, 3.8) is 0 Å². The zero-order valence-electron chi connectivity index (χ0n) is 15.2. The quantitative estimate of drug-likeness (QED) is 0.659. The molecule has 1 N–H and O–H groups in total. The maximum absolute atomic E-state index is 12.2. The number of furan rings is 1. The molecule has 0 saturated heterocycles. The molecule has 1 amide bonds. The third-order valence-corrected chi connectivity index (χ3v) is 6.03. The fourth-order valence-electron chi connectivity index (χ4n) is 2.40. The minimum absolute atomic E-state index is 0.230. The van der Waals surface area contributed by atoms with Gasteiger partial charge in [0.05, 0.1) is 24.0 Å². The van der Waals surface area contributed by atoms with E-state index in [1.54, 1.807) is 30.2 Å². The molecule has 0 spiro atoms. The highest BCUT2D eigenvalue weighted by atomic mass is 32.2. The molecule has 0 unspecified atom stereocenters. The molecule has 1 aromatic heterocycles. The number of thioether (sulfide) groups is 1. The predicted octanol–water partition coefficient (Wildman–Crippen LogP) is 2.71. The van der Waals surface area contributed by atoms with Crippen molar-refractivity contribution in [3.05, 3.63) is 53.5 Å². The van der Waals surface area contributed by atoms with Crippen LogP contribution < -0.4 is 9.62 Å². The summed E-state index contributed by atoms with van der Waals surface area (Å²) in [5.41, 5.74) is 2.36. The highest BCUT2D eigenvalue weighted by Gasteiger charge is 2.22. The Bertz CT molecular complexity index is 833. The van der Waals surface area contributed by atoms with E-state index in [4.69, 9.17) is 4.42 Å². The minimum atomic E-state index is -3.56. The molecule has 2 rings (SSSR count). The van der Waals surface area contributed by atoms with Gasteiger partial charge in [0, 0.05) is 12.3 Å². The molecule has 0 fully saturated rings. The van der Waals surface area contributed by atoms with E-state index in [2.05, 4.69) is 5.32 Å². The van der Waals surface area contributed by atoms with E-state index >= 15 is 0 Å². The van der Waals surface area contributed by atoms with Crippen molar-refractivity contribution in [2.45, 2.75) is 19.6 Å².